The molecule has 0 bridgehead atoms. The standard InChI is InChI=1S/C26H30FN3O2/c27-22-10-7-18(8-11-22)17-28-26(32)30-15-13-20-16-21(9-12-24(20)30)25(31)29-14-3-5-19-4-1-2-6-23(19)29/h7-12,16,19,23H,1-6,13-15,17H2,(H,28,32)/t19-,23-/m1/s1. The molecular weight excluding hydrogens is 405 g/mol. The van der Waals surface area contributed by atoms with Crippen LogP contribution >= 0.6 is 0 Å². The molecule has 2 atom stereocenters. The zero-order valence-electron chi connectivity index (χ0n) is 18.4. The number of amides is 3. The number of nitrogens with one attached hydrogen (secondary N) is 1. The van der Waals surface area contributed by atoms with Crippen molar-refractivity contribution in [3.63, 3.8) is 0 Å². The quantitative estimate of drug-likeness (QED) is 0.746. The average Bonchev–Trinajstić information content (AvgIpc) is 3.26. The van der Waals surface area contributed by atoms with Gasteiger partial charge in [-0.3, -0.25) is 9.69 Å². The highest BCUT2D eigenvalue weighted by Crippen LogP contribution is 2.36. The van der Waals surface area contributed by atoms with Gasteiger partial charge in [0.2, 0.25) is 0 Å². The van der Waals surface area contributed by atoms with Gasteiger partial charge in [-0.2, -0.15) is 0 Å². The first-order valence-corrected chi connectivity index (χ1v) is 11.8. The number of anilines is 1. The molecule has 0 radical (unpaired) electrons. The van der Waals surface area contributed by atoms with Crippen LogP contribution in [-0.2, 0) is 13.0 Å². The van der Waals surface area contributed by atoms with E-state index in [2.05, 4.69) is 10.2 Å². The summed E-state index contributed by atoms with van der Waals surface area (Å²) in [6, 6.07) is 12.1. The van der Waals surface area contributed by atoms with Gasteiger partial charge in [0.05, 0.1) is 0 Å². The number of likely N-dealkylation sites (tertiary alicyclic amines) is 1. The number of halogens is 1. The molecule has 1 N–H and O–H groups in total. The van der Waals surface area contributed by atoms with Crippen LogP contribution in [0.5, 0.6) is 0 Å². The van der Waals surface area contributed by atoms with Gasteiger partial charge in [-0.1, -0.05) is 25.0 Å². The highest BCUT2D eigenvalue weighted by Gasteiger charge is 2.36. The van der Waals surface area contributed by atoms with E-state index < -0.39 is 0 Å². The van der Waals surface area contributed by atoms with Gasteiger partial charge in [0.25, 0.3) is 5.91 Å². The summed E-state index contributed by atoms with van der Waals surface area (Å²) in [5, 5.41) is 2.91. The van der Waals surface area contributed by atoms with Gasteiger partial charge in [0, 0.05) is 36.9 Å². The Morgan fingerprint density at radius 3 is 2.59 bits per heavy atom. The molecule has 168 valence electrons. The molecule has 1 aliphatic carbocycles. The Bertz CT molecular complexity index is 1000. The van der Waals surface area contributed by atoms with Crippen LogP contribution in [0.2, 0.25) is 0 Å². The molecule has 3 aliphatic rings. The average molecular weight is 436 g/mol. The summed E-state index contributed by atoms with van der Waals surface area (Å²) < 4.78 is 13.1. The summed E-state index contributed by atoms with van der Waals surface area (Å²) in [6.45, 7) is 1.80. The van der Waals surface area contributed by atoms with Gasteiger partial charge >= 0.3 is 6.03 Å². The third-order valence-corrected chi connectivity index (χ3v) is 7.33. The third kappa shape index (κ3) is 4.10. The molecule has 3 amide bonds. The smallest absolute Gasteiger partial charge is 0.322 e. The minimum Gasteiger partial charge on any atom is -0.335 e. The lowest BCUT2D eigenvalue weighted by Gasteiger charge is -2.44. The summed E-state index contributed by atoms with van der Waals surface area (Å²) in [5.41, 5.74) is 3.50. The molecule has 5 rings (SSSR count). The number of carbonyl (C=O) groups is 2. The molecule has 5 nitrogen and oxygen atoms in total. The van der Waals surface area contributed by atoms with E-state index in [-0.39, 0.29) is 17.8 Å². The van der Waals surface area contributed by atoms with Gasteiger partial charge in [-0.25, -0.2) is 9.18 Å². The van der Waals surface area contributed by atoms with Crippen LogP contribution in [0.15, 0.2) is 42.5 Å². The lowest BCUT2D eigenvalue weighted by molar-refractivity contribution is 0.0390. The number of fused-ring (bicyclic) bond motifs is 2. The number of hydrogen-bond donors (Lipinski definition) is 1. The van der Waals surface area contributed by atoms with Gasteiger partial charge < -0.3 is 10.2 Å². The Hall–Kier alpha value is -2.89. The SMILES string of the molecule is O=C(NCc1ccc(F)cc1)N1CCc2cc(C(=O)N3CCC[C@H]4CCCC[C@H]43)ccc21. The summed E-state index contributed by atoms with van der Waals surface area (Å²) in [4.78, 5) is 29.9. The predicted molar refractivity (Wildman–Crippen MR) is 122 cm³/mol. The fourth-order valence-corrected chi connectivity index (χ4v) is 5.66. The van der Waals surface area contributed by atoms with E-state index in [0.29, 0.717) is 25.0 Å². The van der Waals surface area contributed by atoms with Crippen molar-refractivity contribution >= 4 is 17.6 Å². The van der Waals surface area contributed by atoms with Gasteiger partial charge in [-0.05, 0) is 79.5 Å². The van der Waals surface area contributed by atoms with Crippen molar-refractivity contribution in [1.82, 2.24) is 10.2 Å². The minimum atomic E-state index is -0.289. The van der Waals surface area contributed by atoms with E-state index in [4.69, 9.17) is 0 Å². The Labute approximate surface area is 188 Å². The van der Waals surface area contributed by atoms with Gasteiger partial charge in [0.15, 0.2) is 0 Å². The van der Waals surface area contributed by atoms with Crippen LogP contribution in [0, 0.1) is 11.7 Å². The van der Waals surface area contributed by atoms with Crippen LogP contribution in [-0.4, -0.2) is 36.0 Å². The monoisotopic (exact) mass is 435 g/mol. The summed E-state index contributed by atoms with van der Waals surface area (Å²) in [5.74, 6) is 0.516. The first kappa shape index (κ1) is 21.0. The minimum absolute atomic E-state index is 0.142. The topological polar surface area (TPSA) is 52.7 Å². The predicted octanol–water partition coefficient (Wildman–Crippen LogP) is 4.89. The second-order valence-corrected chi connectivity index (χ2v) is 9.28. The number of hydrogen-bond acceptors (Lipinski definition) is 2. The molecule has 0 aromatic heterocycles. The highest BCUT2D eigenvalue weighted by molar-refractivity contribution is 5.98. The molecule has 0 unspecified atom stereocenters. The molecular formula is C26H30FN3O2. The Balaban J connectivity index is 1.26. The molecule has 32 heavy (non-hydrogen) atoms. The molecule has 1 saturated heterocycles. The van der Waals surface area contributed by atoms with Crippen LogP contribution < -0.4 is 10.2 Å². The highest BCUT2D eigenvalue weighted by atomic mass is 19.1. The normalized spacial score (nSPS) is 22.3. The zero-order valence-corrected chi connectivity index (χ0v) is 18.4. The number of piperidine rings is 1. The van der Waals surface area contributed by atoms with Crippen molar-refractivity contribution in [1.29, 1.82) is 0 Å². The van der Waals surface area contributed by atoms with Gasteiger partial charge in [-0.15, -0.1) is 0 Å². The third-order valence-electron chi connectivity index (χ3n) is 7.33. The Kier molecular flexibility index (Phi) is 5.85. The van der Waals surface area contributed by atoms with Gasteiger partial charge in [0.1, 0.15) is 5.82 Å². The maximum absolute atomic E-state index is 13.4. The molecule has 6 heteroatoms. The first-order valence-electron chi connectivity index (χ1n) is 11.8. The second-order valence-electron chi connectivity index (χ2n) is 9.28. The zero-order chi connectivity index (χ0) is 22.1. The summed E-state index contributed by atoms with van der Waals surface area (Å²) in [6.07, 6.45) is 7.98. The number of rotatable bonds is 3. The maximum Gasteiger partial charge on any atom is 0.322 e. The van der Waals surface area contributed by atoms with Crippen molar-refractivity contribution in [2.75, 3.05) is 18.0 Å². The lowest BCUT2D eigenvalue weighted by Crippen LogP contribution is -2.49. The van der Waals surface area contributed by atoms with Crippen molar-refractivity contribution in [2.45, 2.75) is 57.5 Å². The Morgan fingerprint density at radius 2 is 1.75 bits per heavy atom. The Morgan fingerprint density at radius 1 is 0.969 bits per heavy atom. The van der Waals surface area contributed by atoms with Crippen molar-refractivity contribution in [3.05, 3.63) is 65.0 Å². The molecule has 1 saturated carbocycles. The van der Waals surface area contributed by atoms with Crippen molar-refractivity contribution in [3.8, 4) is 0 Å². The largest absolute Gasteiger partial charge is 0.335 e. The molecule has 0 spiro atoms. The van der Waals surface area contributed by atoms with Crippen molar-refractivity contribution in [2.24, 2.45) is 5.92 Å². The fraction of sp³-hybridized carbons (Fsp3) is 0.462. The van der Waals surface area contributed by atoms with E-state index in [0.717, 1.165) is 48.2 Å². The molecule has 2 aliphatic heterocycles. The van der Waals surface area contributed by atoms with E-state index in [1.807, 2.05) is 18.2 Å². The van der Waals surface area contributed by atoms with E-state index >= 15 is 0 Å². The van der Waals surface area contributed by atoms with Crippen LogP contribution in [0.3, 0.4) is 0 Å². The second kappa shape index (κ2) is 8.93. The van der Waals surface area contributed by atoms with Crippen LogP contribution in [0.4, 0.5) is 14.9 Å². The van der Waals surface area contributed by atoms with E-state index in [1.54, 1.807) is 17.0 Å². The number of nitrogens with zero attached hydrogens (tertiary/aromatic N) is 2. The lowest BCUT2D eigenvalue weighted by atomic mass is 9.78. The maximum atomic E-state index is 13.4. The van der Waals surface area contributed by atoms with Crippen molar-refractivity contribution < 1.29 is 14.0 Å². The molecule has 2 fully saturated rings. The number of urea groups is 1. The summed E-state index contributed by atoms with van der Waals surface area (Å²) >= 11 is 0. The van der Waals surface area contributed by atoms with E-state index in [1.165, 1.54) is 37.8 Å². The van der Waals surface area contributed by atoms with E-state index in [9.17, 15) is 14.0 Å². The number of benzene rings is 2. The number of carbonyl (C=O) groups excluding carboxylic acids is 2. The molecule has 2 aromatic rings. The van der Waals surface area contributed by atoms with Crippen LogP contribution in [0.1, 0.15) is 60.0 Å². The van der Waals surface area contributed by atoms with Crippen LogP contribution in [0.25, 0.3) is 0 Å². The fourth-order valence-electron chi connectivity index (χ4n) is 5.66. The first-order chi connectivity index (χ1) is 15.6. The summed E-state index contributed by atoms with van der Waals surface area (Å²) in [7, 11) is 0. The molecule has 2 aromatic carbocycles. The molecule has 2 heterocycles.